The zero-order chi connectivity index (χ0) is 15.9. The van der Waals surface area contributed by atoms with E-state index in [9.17, 15) is 9.59 Å². The monoisotopic (exact) mass is 316 g/mol. The van der Waals surface area contributed by atoms with Crippen LogP contribution >= 0.6 is 12.2 Å². The van der Waals surface area contributed by atoms with Gasteiger partial charge in [-0.15, -0.1) is 0 Å². The third-order valence-electron chi connectivity index (χ3n) is 3.20. The summed E-state index contributed by atoms with van der Waals surface area (Å²) in [4.78, 5) is 26.6. The van der Waals surface area contributed by atoms with Gasteiger partial charge in [0.15, 0.2) is 5.58 Å². The number of nitrogens with one attached hydrogen (secondary N) is 2. The Balaban J connectivity index is 1.89. The van der Waals surface area contributed by atoms with Gasteiger partial charge in [0.25, 0.3) is 10.7 Å². The molecule has 0 spiro atoms. The van der Waals surface area contributed by atoms with E-state index in [1.807, 2.05) is 0 Å². The van der Waals surface area contributed by atoms with Crippen molar-refractivity contribution in [2.45, 2.75) is 0 Å². The molecule has 2 amide bonds. The normalized spacial score (nSPS) is 10.8. The van der Waals surface area contributed by atoms with E-state index in [1.165, 1.54) is 16.8 Å². The number of nitrogens with two attached hydrogens (primary N) is 1. The molecule has 8 heteroatoms. The number of rotatable bonds is 3. The second-order valence-electron chi connectivity index (χ2n) is 4.77. The lowest BCUT2D eigenvalue weighted by Crippen LogP contribution is -2.15. The number of oxazole rings is 1. The zero-order valence-corrected chi connectivity index (χ0v) is 12.4. The lowest BCUT2D eigenvalue weighted by molar-refractivity contribution is 0.0998. The standard InChI is InChI=1S/C14H12N4O3S/c1-18-6-7(12(15)19)4-10(18)13(20)16-8-2-3-9-11(5-8)21-14(22)17-9/h2-6H,1H3,(H2,15,19)(H,16,20)(H,17,22). The number of carbonyl (C=O) groups excluding carboxylic acids is 2. The van der Waals surface area contributed by atoms with Crippen LogP contribution in [0.3, 0.4) is 0 Å². The molecule has 0 saturated carbocycles. The highest BCUT2D eigenvalue weighted by molar-refractivity contribution is 7.71. The van der Waals surface area contributed by atoms with Crippen LogP contribution in [-0.4, -0.2) is 21.4 Å². The van der Waals surface area contributed by atoms with Crippen LogP contribution in [0, 0.1) is 4.84 Å². The molecule has 0 aliphatic carbocycles. The molecule has 0 atom stereocenters. The van der Waals surface area contributed by atoms with Crippen molar-refractivity contribution in [1.29, 1.82) is 0 Å². The Hall–Kier alpha value is -2.87. The van der Waals surface area contributed by atoms with Crippen LogP contribution in [0.2, 0.25) is 0 Å². The van der Waals surface area contributed by atoms with Gasteiger partial charge in [-0.25, -0.2) is 0 Å². The van der Waals surface area contributed by atoms with Gasteiger partial charge in [0.05, 0.1) is 11.1 Å². The molecule has 3 aromatic rings. The topological polar surface area (TPSA) is 106 Å². The van der Waals surface area contributed by atoms with E-state index >= 15 is 0 Å². The number of aromatic nitrogens is 2. The van der Waals surface area contributed by atoms with Crippen LogP contribution in [0.4, 0.5) is 5.69 Å². The number of hydrogen-bond donors (Lipinski definition) is 3. The summed E-state index contributed by atoms with van der Waals surface area (Å²) in [5.74, 6) is -0.941. The first-order chi connectivity index (χ1) is 10.4. The third kappa shape index (κ3) is 2.51. The van der Waals surface area contributed by atoms with E-state index in [2.05, 4.69) is 10.3 Å². The predicted molar refractivity (Wildman–Crippen MR) is 83.3 cm³/mol. The van der Waals surface area contributed by atoms with Crippen molar-refractivity contribution in [2.24, 2.45) is 12.8 Å². The van der Waals surface area contributed by atoms with Crippen LogP contribution in [0.25, 0.3) is 11.1 Å². The summed E-state index contributed by atoms with van der Waals surface area (Å²) in [5.41, 5.74) is 7.65. The predicted octanol–water partition coefficient (Wildman–Crippen LogP) is 2.18. The minimum Gasteiger partial charge on any atom is -0.429 e. The van der Waals surface area contributed by atoms with Gasteiger partial charge in [0.2, 0.25) is 5.91 Å². The Morgan fingerprint density at radius 2 is 2.14 bits per heavy atom. The lowest BCUT2D eigenvalue weighted by Gasteiger charge is -2.05. The fourth-order valence-corrected chi connectivity index (χ4v) is 2.34. The molecular formula is C14H12N4O3S. The number of primary amides is 1. The Labute approximate surface area is 129 Å². The number of fused-ring (bicyclic) bond motifs is 1. The summed E-state index contributed by atoms with van der Waals surface area (Å²) < 4.78 is 6.83. The van der Waals surface area contributed by atoms with Crippen LogP contribution in [0.5, 0.6) is 0 Å². The van der Waals surface area contributed by atoms with Gasteiger partial charge < -0.3 is 25.0 Å². The average molecular weight is 316 g/mol. The maximum Gasteiger partial charge on any atom is 0.272 e. The van der Waals surface area contributed by atoms with Crippen molar-refractivity contribution in [1.82, 2.24) is 9.55 Å². The molecule has 0 radical (unpaired) electrons. The minimum absolute atomic E-state index is 0.270. The largest absolute Gasteiger partial charge is 0.429 e. The van der Waals surface area contributed by atoms with Gasteiger partial charge >= 0.3 is 0 Å². The fraction of sp³-hybridized carbons (Fsp3) is 0.0714. The number of hydrogen-bond acceptors (Lipinski definition) is 4. The molecule has 2 heterocycles. The van der Waals surface area contributed by atoms with Crippen LogP contribution in [-0.2, 0) is 7.05 Å². The summed E-state index contributed by atoms with van der Waals surface area (Å²) in [7, 11) is 1.66. The van der Waals surface area contributed by atoms with Crippen molar-refractivity contribution in [3.05, 3.63) is 46.6 Å². The Morgan fingerprint density at radius 3 is 2.82 bits per heavy atom. The number of nitrogens with zero attached hydrogens (tertiary/aromatic N) is 1. The molecule has 4 N–H and O–H groups in total. The maximum atomic E-state index is 12.3. The first-order valence-electron chi connectivity index (χ1n) is 6.34. The summed E-state index contributed by atoms with van der Waals surface area (Å²) in [6, 6.07) is 6.58. The molecule has 0 unspecified atom stereocenters. The summed E-state index contributed by atoms with van der Waals surface area (Å²) in [6.07, 6.45) is 1.51. The quantitative estimate of drug-likeness (QED) is 0.644. The van der Waals surface area contributed by atoms with Crippen molar-refractivity contribution < 1.29 is 14.0 Å². The number of aromatic amines is 1. The van der Waals surface area contributed by atoms with Gasteiger partial charge in [-0.1, -0.05) is 0 Å². The molecule has 3 rings (SSSR count). The molecule has 0 fully saturated rings. The molecule has 7 nitrogen and oxygen atoms in total. The molecule has 0 bridgehead atoms. The molecule has 2 aromatic heterocycles. The molecule has 1 aromatic carbocycles. The third-order valence-corrected chi connectivity index (χ3v) is 3.39. The molecule has 0 aliphatic rings. The van der Waals surface area contributed by atoms with E-state index in [0.717, 1.165) is 5.52 Å². The van der Waals surface area contributed by atoms with Gasteiger partial charge in [-0.05, 0) is 30.4 Å². The molecule has 0 saturated heterocycles. The molecule has 22 heavy (non-hydrogen) atoms. The van der Waals surface area contributed by atoms with Gasteiger partial charge in [-0.2, -0.15) is 0 Å². The van der Waals surface area contributed by atoms with E-state index in [0.29, 0.717) is 17.0 Å². The van der Waals surface area contributed by atoms with Crippen molar-refractivity contribution in [3.63, 3.8) is 0 Å². The highest BCUT2D eigenvalue weighted by Gasteiger charge is 2.14. The van der Waals surface area contributed by atoms with E-state index in [4.69, 9.17) is 22.4 Å². The molecule has 112 valence electrons. The van der Waals surface area contributed by atoms with Gasteiger partial charge in [0.1, 0.15) is 5.69 Å². The number of benzene rings is 1. The maximum absolute atomic E-state index is 12.3. The van der Waals surface area contributed by atoms with E-state index in [1.54, 1.807) is 25.2 Å². The lowest BCUT2D eigenvalue weighted by atomic mass is 10.2. The molecular weight excluding hydrogens is 304 g/mol. The first-order valence-corrected chi connectivity index (χ1v) is 6.75. The second kappa shape index (κ2) is 5.15. The number of aryl methyl sites for hydroxylation is 1. The summed E-state index contributed by atoms with van der Waals surface area (Å²) in [5, 5.41) is 2.73. The Morgan fingerprint density at radius 1 is 1.36 bits per heavy atom. The minimum atomic E-state index is -0.583. The number of carbonyl (C=O) groups is 2. The van der Waals surface area contributed by atoms with Gasteiger partial charge in [-0.3, -0.25) is 9.59 Å². The van der Waals surface area contributed by atoms with Crippen LogP contribution in [0.1, 0.15) is 20.8 Å². The molecule has 0 aliphatic heterocycles. The van der Waals surface area contributed by atoms with Crippen molar-refractivity contribution >= 4 is 40.8 Å². The summed E-state index contributed by atoms with van der Waals surface area (Å²) >= 11 is 4.91. The smallest absolute Gasteiger partial charge is 0.272 e. The second-order valence-corrected chi connectivity index (χ2v) is 5.14. The average Bonchev–Trinajstić information content (AvgIpc) is 3.00. The van der Waals surface area contributed by atoms with Crippen molar-refractivity contribution in [3.8, 4) is 0 Å². The Bertz CT molecular complexity index is 951. The SMILES string of the molecule is Cn1cc(C(N)=O)cc1C(=O)Nc1ccc2[nH]c(=S)oc2c1. The number of anilines is 1. The van der Waals surface area contributed by atoms with E-state index < -0.39 is 5.91 Å². The van der Waals surface area contributed by atoms with Crippen LogP contribution in [0.15, 0.2) is 34.9 Å². The van der Waals surface area contributed by atoms with Crippen molar-refractivity contribution in [2.75, 3.05) is 5.32 Å². The highest BCUT2D eigenvalue weighted by Crippen LogP contribution is 2.19. The zero-order valence-electron chi connectivity index (χ0n) is 11.5. The van der Waals surface area contributed by atoms with Crippen LogP contribution < -0.4 is 11.1 Å². The van der Waals surface area contributed by atoms with Gasteiger partial charge in [0, 0.05) is 25.0 Å². The fourth-order valence-electron chi connectivity index (χ4n) is 2.14. The Kier molecular flexibility index (Phi) is 3.30. The summed E-state index contributed by atoms with van der Waals surface area (Å²) in [6.45, 7) is 0. The van der Waals surface area contributed by atoms with E-state index in [-0.39, 0.29) is 16.3 Å². The number of amides is 2. The number of H-pyrrole nitrogens is 1. The first kappa shape index (κ1) is 14.1. The highest BCUT2D eigenvalue weighted by atomic mass is 32.1.